The van der Waals surface area contributed by atoms with Gasteiger partial charge in [0.2, 0.25) is 0 Å². The maximum Gasteiger partial charge on any atom is 0.0703 e. The summed E-state index contributed by atoms with van der Waals surface area (Å²) in [5.74, 6) is 0. The second-order valence-corrected chi connectivity index (χ2v) is 5.34. The Bertz CT molecular complexity index is 337. The second-order valence-electron chi connectivity index (χ2n) is 5.34. The molecule has 90 valence electrons. The Morgan fingerprint density at radius 3 is 2.62 bits per heavy atom. The fourth-order valence-electron chi connectivity index (χ4n) is 2.48. The van der Waals surface area contributed by atoms with Crippen LogP contribution in [-0.2, 0) is 6.42 Å². The SMILES string of the molecule is CC(C)n1ccc(CC2(O)CCCCC2)n1. The van der Waals surface area contributed by atoms with Gasteiger partial charge in [-0.25, -0.2) is 0 Å². The van der Waals surface area contributed by atoms with Crippen LogP contribution in [0.5, 0.6) is 0 Å². The van der Waals surface area contributed by atoms with Gasteiger partial charge in [0.1, 0.15) is 0 Å². The van der Waals surface area contributed by atoms with Crippen molar-refractivity contribution in [2.24, 2.45) is 0 Å². The van der Waals surface area contributed by atoms with Crippen molar-refractivity contribution in [1.29, 1.82) is 0 Å². The predicted molar refractivity (Wildman–Crippen MR) is 64.4 cm³/mol. The van der Waals surface area contributed by atoms with Gasteiger partial charge in [-0.05, 0) is 32.8 Å². The molecule has 1 heterocycles. The third-order valence-corrected chi connectivity index (χ3v) is 3.49. The zero-order valence-electron chi connectivity index (χ0n) is 10.3. The Hall–Kier alpha value is -0.830. The van der Waals surface area contributed by atoms with Crippen LogP contribution in [0.3, 0.4) is 0 Å². The topological polar surface area (TPSA) is 38.0 Å². The molecular formula is C13H22N2O. The molecule has 16 heavy (non-hydrogen) atoms. The highest BCUT2D eigenvalue weighted by Gasteiger charge is 2.30. The smallest absolute Gasteiger partial charge is 0.0703 e. The van der Waals surface area contributed by atoms with Crippen molar-refractivity contribution in [3.05, 3.63) is 18.0 Å². The summed E-state index contributed by atoms with van der Waals surface area (Å²) in [6.45, 7) is 4.23. The van der Waals surface area contributed by atoms with Crippen LogP contribution >= 0.6 is 0 Å². The molecule has 0 aliphatic heterocycles. The average molecular weight is 222 g/mol. The van der Waals surface area contributed by atoms with Crippen LogP contribution in [0.2, 0.25) is 0 Å². The van der Waals surface area contributed by atoms with Crippen LogP contribution in [0.1, 0.15) is 57.7 Å². The van der Waals surface area contributed by atoms with Gasteiger partial charge in [0.05, 0.1) is 11.3 Å². The summed E-state index contributed by atoms with van der Waals surface area (Å²) in [5.41, 5.74) is 0.534. The van der Waals surface area contributed by atoms with Crippen molar-refractivity contribution in [1.82, 2.24) is 9.78 Å². The minimum Gasteiger partial charge on any atom is -0.389 e. The van der Waals surface area contributed by atoms with E-state index in [1.54, 1.807) is 0 Å². The molecule has 0 spiro atoms. The molecule has 0 amide bonds. The van der Waals surface area contributed by atoms with E-state index in [2.05, 4.69) is 18.9 Å². The summed E-state index contributed by atoms with van der Waals surface area (Å²) in [7, 11) is 0. The minimum absolute atomic E-state index is 0.398. The van der Waals surface area contributed by atoms with Crippen LogP contribution < -0.4 is 0 Å². The lowest BCUT2D eigenvalue weighted by atomic mass is 9.82. The Kier molecular flexibility index (Phi) is 3.33. The minimum atomic E-state index is -0.492. The highest BCUT2D eigenvalue weighted by atomic mass is 16.3. The zero-order valence-corrected chi connectivity index (χ0v) is 10.3. The number of hydrogen-bond donors (Lipinski definition) is 1. The number of hydrogen-bond acceptors (Lipinski definition) is 2. The van der Waals surface area contributed by atoms with Crippen LogP contribution in [-0.4, -0.2) is 20.5 Å². The van der Waals surface area contributed by atoms with E-state index < -0.39 is 5.60 Å². The molecule has 0 radical (unpaired) electrons. The van der Waals surface area contributed by atoms with Crippen molar-refractivity contribution in [3.63, 3.8) is 0 Å². The van der Waals surface area contributed by atoms with Crippen LogP contribution in [0, 0.1) is 0 Å². The molecule has 1 aliphatic rings. The molecule has 0 aromatic carbocycles. The quantitative estimate of drug-likeness (QED) is 0.854. The Morgan fingerprint density at radius 2 is 2.06 bits per heavy atom. The van der Waals surface area contributed by atoms with Gasteiger partial charge in [-0.2, -0.15) is 5.10 Å². The molecule has 1 saturated carbocycles. The lowest BCUT2D eigenvalue weighted by Crippen LogP contribution is -2.34. The third-order valence-electron chi connectivity index (χ3n) is 3.49. The monoisotopic (exact) mass is 222 g/mol. The fourth-order valence-corrected chi connectivity index (χ4v) is 2.48. The number of aromatic nitrogens is 2. The van der Waals surface area contributed by atoms with E-state index in [-0.39, 0.29) is 0 Å². The molecule has 3 nitrogen and oxygen atoms in total. The molecule has 0 bridgehead atoms. The van der Waals surface area contributed by atoms with E-state index in [1.807, 2.05) is 16.9 Å². The number of aliphatic hydroxyl groups is 1. The Morgan fingerprint density at radius 1 is 1.38 bits per heavy atom. The lowest BCUT2D eigenvalue weighted by Gasteiger charge is -2.31. The van der Waals surface area contributed by atoms with Crippen molar-refractivity contribution >= 4 is 0 Å². The highest BCUT2D eigenvalue weighted by Crippen LogP contribution is 2.30. The molecule has 0 saturated heterocycles. The summed E-state index contributed by atoms with van der Waals surface area (Å²) in [6, 6.07) is 2.43. The van der Waals surface area contributed by atoms with Gasteiger partial charge in [0.25, 0.3) is 0 Å². The van der Waals surface area contributed by atoms with Gasteiger partial charge in [-0.15, -0.1) is 0 Å². The molecule has 1 aromatic rings. The second kappa shape index (κ2) is 4.58. The average Bonchev–Trinajstić information content (AvgIpc) is 2.66. The van der Waals surface area contributed by atoms with Gasteiger partial charge in [0.15, 0.2) is 0 Å². The summed E-state index contributed by atoms with van der Waals surface area (Å²) >= 11 is 0. The normalized spacial score (nSPS) is 20.2. The van der Waals surface area contributed by atoms with Crippen molar-refractivity contribution in [3.8, 4) is 0 Å². The first-order valence-electron chi connectivity index (χ1n) is 6.35. The number of nitrogens with zero attached hydrogens (tertiary/aromatic N) is 2. The molecule has 1 aliphatic carbocycles. The summed E-state index contributed by atoms with van der Waals surface area (Å²) in [6.07, 6.45) is 8.16. The Balaban J connectivity index is 2.02. The maximum atomic E-state index is 10.4. The molecule has 0 atom stereocenters. The first kappa shape index (κ1) is 11.6. The molecule has 1 fully saturated rings. The fraction of sp³-hybridized carbons (Fsp3) is 0.769. The highest BCUT2D eigenvalue weighted by molar-refractivity contribution is 5.05. The first-order valence-corrected chi connectivity index (χ1v) is 6.35. The van der Waals surface area contributed by atoms with E-state index in [0.717, 1.165) is 31.4 Å². The molecule has 3 heteroatoms. The van der Waals surface area contributed by atoms with Crippen molar-refractivity contribution in [2.75, 3.05) is 0 Å². The van der Waals surface area contributed by atoms with E-state index in [9.17, 15) is 5.11 Å². The summed E-state index contributed by atoms with van der Waals surface area (Å²) in [5, 5.41) is 14.9. The summed E-state index contributed by atoms with van der Waals surface area (Å²) < 4.78 is 1.96. The largest absolute Gasteiger partial charge is 0.389 e. The van der Waals surface area contributed by atoms with Gasteiger partial charge in [-0.3, -0.25) is 4.68 Å². The van der Waals surface area contributed by atoms with Gasteiger partial charge in [0, 0.05) is 18.7 Å². The standard InChI is InChI=1S/C13H22N2O/c1-11(2)15-9-6-12(14-15)10-13(16)7-4-3-5-8-13/h6,9,11,16H,3-5,7-8,10H2,1-2H3. The van der Waals surface area contributed by atoms with E-state index in [4.69, 9.17) is 0 Å². The van der Waals surface area contributed by atoms with E-state index in [0.29, 0.717) is 12.5 Å². The summed E-state index contributed by atoms with van der Waals surface area (Å²) in [4.78, 5) is 0. The Labute approximate surface area is 97.5 Å². The maximum absolute atomic E-state index is 10.4. The van der Waals surface area contributed by atoms with E-state index >= 15 is 0 Å². The third kappa shape index (κ3) is 2.64. The van der Waals surface area contributed by atoms with Crippen molar-refractivity contribution < 1.29 is 5.11 Å². The molecular weight excluding hydrogens is 200 g/mol. The van der Waals surface area contributed by atoms with Gasteiger partial charge < -0.3 is 5.11 Å². The predicted octanol–water partition coefficient (Wildman–Crippen LogP) is 2.70. The van der Waals surface area contributed by atoms with Gasteiger partial charge in [-0.1, -0.05) is 19.3 Å². The lowest BCUT2D eigenvalue weighted by molar-refractivity contribution is 0.00353. The zero-order chi connectivity index (χ0) is 11.6. The molecule has 1 aromatic heterocycles. The van der Waals surface area contributed by atoms with Crippen LogP contribution in [0.25, 0.3) is 0 Å². The van der Waals surface area contributed by atoms with Gasteiger partial charge >= 0.3 is 0 Å². The molecule has 1 N–H and O–H groups in total. The van der Waals surface area contributed by atoms with E-state index in [1.165, 1.54) is 6.42 Å². The molecule has 0 unspecified atom stereocenters. The van der Waals surface area contributed by atoms with Crippen molar-refractivity contribution in [2.45, 2.75) is 64.0 Å². The number of rotatable bonds is 3. The first-order chi connectivity index (χ1) is 7.59. The molecule has 2 rings (SSSR count). The van der Waals surface area contributed by atoms with Crippen LogP contribution in [0.15, 0.2) is 12.3 Å². The van der Waals surface area contributed by atoms with Crippen LogP contribution in [0.4, 0.5) is 0 Å².